The van der Waals surface area contributed by atoms with Gasteiger partial charge in [-0.3, -0.25) is 0 Å². The van der Waals surface area contributed by atoms with E-state index in [0.29, 0.717) is 19.4 Å². The van der Waals surface area contributed by atoms with Crippen LogP contribution in [0.25, 0.3) is 0 Å². The number of methoxy groups -OCH3 is 1. The zero-order valence-corrected chi connectivity index (χ0v) is 11.0. The van der Waals surface area contributed by atoms with Gasteiger partial charge >= 0.3 is 0 Å². The quantitative estimate of drug-likeness (QED) is 0.689. The topological polar surface area (TPSA) is 78.6 Å². The van der Waals surface area contributed by atoms with Crippen molar-refractivity contribution in [3.63, 3.8) is 0 Å². The zero-order valence-electron chi connectivity index (χ0n) is 10.2. The summed E-state index contributed by atoms with van der Waals surface area (Å²) in [6.45, 7) is 4.29. The van der Waals surface area contributed by atoms with E-state index >= 15 is 0 Å². The summed E-state index contributed by atoms with van der Waals surface area (Å²) in [5.41, 5.74) is 0. The summed E-state index contributed by atoms with van der Waals surface area (Å²) in [5, 5.41) is 4.54. The fourth-order valence-corrected chi connectivity index (χ4v) is 3.28. The van der Waals surface area contributed by atoms with Crippen LogP contribution in [0.15, 0.2) is 12.7 Å². The van der Waals surface area contributed by atoms with E-state index in [1.54, 1.807) is 6.08 Å². The summed E-state index contributed by atoms with van der Waals surface area (Å²) in [7, 11) is -2.15. The molecule has 1 aliphatic heterocycles. The minimum absolute atomic E-state index is 0.0270. The minimum Gasteiger partial charge on any atom is -0.380 e. The van der Waals surface area contributed by atoms with Crippen molar-refractivity contribution < 1.29 is 17.9 Å². The lowest BCUT2D eigenvalue weighted by atomic mass is 10.0. The number of sulfonamides is 1. The van der Waals surface area contributed by atoms with E-state index in [1.165, 1.54) is 7.11 Å². The Labute approximate surface area is 103 Å². The Bertz CT molecular complexity index is 335. The highest BCUT2D eigenvalue weighted by atomic mass is 32.2. The summed E-state index contributed by atoms with van der Waals surface area (Å²) < 4.78 is 33.9. The first-order valence-corrected chi connectivity index (χ1v) is 7.37. The average Bonchev–Trinajstić information content (AvgIpc) is 2.74. The number of ether oxygens (including phenoxy) is 2. The molecule has 3 atom stereocenters. The van der Waals surface area contributed by atoms with E-state index in [4.69, 9.17) is 14.6 Å². The number of nitrogens with two attached hydrogens (primary N) is 1. The van der Waals surface area contributed by atoms with Gasteiger partial charge in [0.15, 0.2) is 0 Å². The third-order valence-corrected chi connectivity index (χ3v) is 4.40. The van der Waals surface area contributed by atoms with Gasteiger partial charge in [-0.2, -0.15) is 0 Å². The van der Waals surface area contributed by atoms with Crippen LogP contribution in [-0.2, 0) is 19.5 Å². The largest absolute Gasteiger partial charge is 0.380 e. The predicted molar refractivity (Wildman–Crippen MR) is 66.1 cm³/mol. The van der Waals surface area contributed by atoms with Crippen LogP contribution >= 0.6 is 0 Å². The molecule has 6 heteroatoms. The van der Waals surface area contributed by atoms with Gasteiger partial charge in [0.1, 0.15) is 5.25 Å². The molecule has 0 amide bonds. The first-order valence-electron chi connectivity index (χ1n) is 5.76. The Morgan fingerprint density at radius 1 is 1.65 bits per heavy atom. The molecule has 0 radical (unpaired) electrons. The van der Waals surface area contributed by atoms with Crippen molar-refractivity contribution in [2.75, 3.05) is 13.7 Å². The van der Waals surface area contributed by atoms with Gasteiger partial charge in [0.2, 0.25) is 10.0 Å². The fraction of sp³-hybridized carbons (Fsp3) is 0.818. The molecular weight excluding hydrogens is 242 g/mol. The molecular formula is C11H21NO4S. The second-order valence-corrected chi connectivity index (χ2v) is 6.08. The zero-order chi connectivity index (χ0) is 12.9. The molecule has 1 rings (SSSR count). The van der Waals surface area contributed by atoms with Gasteiger partial charge in [-0.05, 0) is 25.7 Å². The SMILES string of the molecule is C=CC[C@H](OC)[C@H](C[C@H]1CCCO1)S(N)(=O)=O. The highest BCUT2D eigenvalue weighted by Crippen LogP contribution is 2.23. The third-order valence-electron chi connectivity index (χ3n) is 3.06. The van der Waals surface area contributed by atoms with E-state index in [0.717, 1.165) is 12.8 Å². The maximum absolute atomic E-state index is 11.6. The number of hydrogen-bond donors (Lipinski definition) is 1. The summed E-state index contributed by atoms with van der Waals surface area (Å²) in [5.74, 6) is 0. The number of rotatable bonds is 7. The van der Waals surface area contributed by atoms with Crippen molar-refractivity contribution in [1.29, 1.82) is 0 Å². The highest BCUT2D eigenvalue weighted by Gasteiger charge is 2.34. The molecule has 0 saturated carbocycles. The molecule has 0 aromatic carbocycles. The third kappa shape index (κ3) is 4.39. The van der Waals surface area contributed by atoms with Crippen molar-refractivity contribution >= 4 is 10.0 Å². The fourth-order valence-electron chi connectivity index (χ4n) is 2.15. The normalized spacial score (nSPS) is 24.5. The van der Waals surface area contributed by atoms with Crippen molar-refractivity contribution in [3.8, 4) is 0 Å². The van der Waals surface area contributed by atoms with Crippen LogP contribution in [0, 0.1) is 0 Å². The summed E-state index contributed by atoms with van der Waals surface area (Å²) in [6.07, 6.45) is 3.88. The lowest BCUT2D eigenvalue weighted by molar-refractivity contribution is 0.0632. The van der Waals surface area contributed by atoms with E-state index < -0.39 is 21.4 Å². The number of hydrogen-bond acceptors (Lipinski definition) is 4. The van der Waals surface area contributed by atoms with Gasteiger partial charge in [-0.1, -0.05) is 6.08 Å². The maximum Gasteiger partial charge on any atom is 0.214 e. The van der Waals surface area contributed by atoms with Crippen LogP contribution < -0.4 is 5.14 Å². The van der Waals surface area contributed by atoms with Crippen LogP contribution in [-0.4, -0.2) is 39.6 Å². The van der Waals surface area contributed by atoms with Crippen molar-refractivity contribution in [3.05, 3.63) is 12.7 Å². The van der Waals surface area contributed by atoms with Gasteiger partial charge in [0, 0.05) is 13.7 Å². The minimum atomic E-state index is -3.64. The molecule has 1 heterocycles. The Morgan fingerprint density at radius 2 is 2.35 bits per heavy atom. The van der Waals surface area contributed by atoms with E-state index in [9.17, 15) is 8.42 Å². The smallest absolute Gasteiger partial charge is 0.214 e. The van der Waals surface area contributed by atoms with Gasteiger partial charge in [0.25, 0.3) is 0 Å². The molecule has 0 aromatic heterocycles. The Hall–Kier alpha value is -0.430. The first-order chi connectivity index (χ1) is 7.99. The Morgan fingerprint density at radius 3 is 2.76 bits per heavy atom. The van der Waals surface area contributed by atoms with Crippen molar-refractivity contribution in [2.24, 2.45) is 5.14 Å². The van der Waals surface area contributed by atoms with E-state index in [2.05, 4.69) is 6.58 Å². The molecule has 1 aliphatic rings. The lowest BCUT2D eigenvalue weighted by Crippen LogP contribution is -2.41. The molecule has 17 heavy (non-hydrogen) atoms. The van der Waals surface area contributed by atoms with Crippen LogP contribution in [0.1, 0.15) is 25.7 Å². The average molecular weight is 263 g/mol. The maximum atomic E-state index is 11.6. The molecule has 1 fully saturated rings. The predicted octanol–water partition coefficient (Wildman–Crippen LogP) is 0.804. The van der Waals surface area contributed by atoms with E-state index in [1.807, 2.05) is 0 Å². The molecule has 0 aliphatic carbocycles. The number of primary sulfonamides is 1. The summed E-state index contributed by atoms with van der Waals surface area (Å²) >= 11 is 0. The molecule has 2 N–H and O–H groups in total. The van der Waals surface area contributed by atoms with Crippen LogP contribution in [0.3, 0.4) is 0 Å². The summed E-state index contributed by atoms with van der Waals surface area (Å²) in [4.78, 5) is 0. The molecule has 0 unspecified atom stereocenters. The Balaban J connectivity index is 2.74. The second kappa shape index (κ2) is 6.49. The second-order valence-electron chi connectivity index (χ2n) is 4.30. The highest BCUT2D eigenvalue weighted by molar-refractivity contribution is 7.89. The molecule has 0 bridgehead atoms. The van der Waals surface area contributed by atoms with E-state index in [-0.39, 0.29) is 6.10 Å². The van der Waals surface area contributed by atoms with Gasteiger partial charge in [0.05, 0.1) is 12.2 Å². The van der Waals surface area contributed by atoms with Crippen LogP contribution in [0.2, 0.25) is 0 Å². The monoisotopic (exact) mass is 263 g/mol. The molecule has 0 spiro atoms. The van der Waals surface area contributed by atoms with Crippen LogP contribution in [0.5, 0.6) is 0 Å². The Kier molecular flexibility index (Phi) is 5.58. The van der Waals surface area contributed by atoms with Crippen molar-refractivity contribution in [1.82, 2.24) is 0 Å². The lowest BCUT2D eigenvalue weighted by Gasteiger charge is -2.25. The standard InChI is InChI=1S/C11H21NO4S/c1-3-5-10(15-2)11(17(12,13)14)8-9-6-4-7-16-9/h3,9-11H,1,4-8H2,2H3,(H2,12,13,14)/t9-,10+,11+/m1/s1. The molecule has 100 valence electrons. The van der Waals surface area contributed by atoms with Crippen LogP contribution in [0.4, 0.5) is 0 Å². The first kappa shape index (κ1) is 14.6. The van der Waals surface area contributed by atoms with Gasteiger partial charge in [-0.15, -0.1) is 6.58 Å². The van der Waals surface area contributed by atoms with Gasteiger partial charge < -0.3 is 9.47 Å². The van der Waals surface area contributed by atoms with Gasteiger partial charge in [-0.25, -0.2) is 13.6 Å². The summed E-state index contributed by atoms with van der Waals surface area (Å²) in [6, 6.07) is 0. The van der Waals surface area contributed by atoms with Crippen molar-refractivity contribution in [2.45, 2.75) is 43.1 Å². The molecule has 1 saturated heterocycles. The molecule has 5 nitrogen and oxygen atoms in total. The molecule has 0 aromatic rings.